The third-order valence-corrected chi connectivity index (χ3v) is 6.84. The van der Waals surface area contributed by atoms with Gasteiger partial charge < -0.3 is 24.8 Å². The van der Waals surface area contributed by atoms with E-state index in [1.807, 2.05) is 37.3 Å². The molecule has 1 aliphatic heterocycles. The van der Waals surface area contributed by atoms with E-state index in [-0.39, 0.29) is 11.9 Å². The second-order valence-corrected chi connectivity index (χ2v) is 8.92. The fourth-order valence-electron chi connectivity index (χ4n) is 3.63. The highest BCUT2D eigenvalue weighted by Gasteiger charge is 2.44. The molecular weight excluding hydrogens is 412 g/mol. The second kappa shape index (κ2) is 10.2. The van der Waals surface area contributed by atoms with Gasteiger partial charge in [-0.25, -0.2) is 0 Å². The average molecular weight is 439 g/mol. The van der Waals surface area contributed by atoms with Gasteiger partial charge >= 0.3 is 0 Å². The Labute approximate surface area is 180 Å². The zero-order chi connectivity index (χ0) is 21.0. The Balaban J connectivity index is 1.84. The summed E-state index contributed by atoms with van der Waals surface area (Å²) in [5.74, 6) is 1.54. The lowest BCUT2D eigenvalue weighted by atomic mass is 9.91. The average Bonchev–Trinajstić information content (AvgIpc) is 2.74. The third kappa shape index (κ3) is 5.08. The number of rotatable bonds is 7. The van der Waals surface area contributed by atoms with Crippen molar-refractivity contribution in [3.8, 4) is 5.75 Å². The van der Waals surface area contributed by atoms with Crippen LogP contribution < -0.4 is 4.74 Å². The van der Waals surface area contributed by atoms with Crippen LogP contribution >= 0.6 is 23.4 Å². The predicted octanol–water partition coefficient (Wildman–Crippen LogP) is 3.22. The number of benzene rings is 2. The summed E-state index contributed by atoms with van der Waals surface area (Å²) in [4.78, 5) is 0. The van der Waals surface area contributed by atoms with Crippen LogP contribution in [0.2, 0.25) is 5.02 Å². The maximum Gasteiger partial charge on any atom is 0.118 e. The largest absolute Gasteiger partial charge is 0.497 e. The van der Waals surface area contributed by atoms with Gasteiger partial charge in [0.05, 0.1) is 31.2 Å². The van der Waals surface area contributed by atoms with Gasteiger partial charge in [0.25, 0.3) is 0 Å². The number of hydrogen-bond donors (Lipinski definition) is 3. The zero-order valence-electron chi connectivity index (χ0n) is 16.5. The highest BCUT2D eigenvalue weighted by molar-refractivity contribution is 8.00. The van der Waals surface area contributed by atoms with Crippen LogP contribution in [-0.2, 0) is 11.2 Å². The number of aliphatic hydroxyl groups excluding tert-OH is 3. The molecule has 29 heavy (non-hydrogen) atoms. The topological polar surface area (TPSA) is 79.2 Å². The first kappa shape index (κ1) is 22.4. The molecule has 0 saturated carbocycles. The molecule has 0 unspecified atom stereocenters. The number of aliphatic hydroxyl groups is 3. The lowest BCUT2D eigenvalue weighted by Gasteiger charge is -2.42. The molecule has 0 spiro atoms. The molecule has 158 valence electrons. The van der Waals surface area contributed by atoms with Gasteiger partial charge in [0.1, 0.15) is 18.0 Å². The first-order valence-corrected chi connectivity index (χ1v) is 11.1. The van der Waals surface area contributed by atoms with Crippen LogP contribution in [0, 0.1) is 0 Å². The van der Waals surface area contributed by atoms with Crippen molar-refractivity contribution in [1.29, 1.82) is 0 Å². The molecule has 7 heteroatoms. The molecule has 5 atom stereocenters. The second-order valence-electron chi connectivity index (χ2n) is 7.05. The van der Waals surface area contributed by atoms with Crippen LogP contribution in [0.4, 0.5) is 0 Å². The van der Waals surface area contributed by atoms with Gasteiger partial charge in [0.2, 0.25) is 0 Å². The van der Waals surface area contributed by atoms with E-state index in [4.69, 9.17) is 21.1 Å². The standard InChI is InChI=1S/C22H27ClO5S/c1-3-29-22-18(12-24)28-21(19(25)20(22)26)14-6-9-17(23)15(11-14)10-13-4-7-16(27-2)8-5-13/h4-9,11,18-22,24-26H,3,10,12H2,1-2H3/t18-,19-,20-,21+,22-/m1/s1. The molecule has 1 heterocycles. The number of halogens is 1. The van der Waals surface area contributed by atoms with Gasteiger partial charge in [-0.1, -0.05) is 42.8 Å². The third-order valence-electron chi connectivity index (χ3n) is 5.18. The maximum absolute atomic E-state index is 10.7. The fourth-order valence-corrected chi connectivity index (χ4v) is 4.92. The number of ether oxygens (including phenoxy) is 2. The van der Waals surface area contributed by atoms with Crippen molar-refractivity contribution >= 4 is 23.4 Å². The van der Waals surface area contributed by atoms with Crippen molar-refractivity contribution < 1.29 is 24.8 Å². The van der Waals surface area contributed by atoms with E-state index in [2.05, 4.69) is 0 Å². The molecule has 5 nitrogen and oxygen atoms in total. The van der Waals surface area contributed by atoms with Gasteiger partial charge in [-0.3, -0.25) is 0 Å². The molecule has 0 bridgehead atoms. The van der Waals surface area contributed by atoms with Crippen LogP contribution in [0.3, 0.4) is 0 Å². The summed E-state index contributed by atoms with van der Waals surface area (Å²) in [7, 11) is 1.63. The van der Waals surface area contributed by atoms with Gasteiger partial charge in [0.15, 0.2) is 0 Å². The summed E-state index contributed by atoms with van der Waals surface area (Å²) in [5, 5.41) is 31.3. The maximum atomic E-state index is 10.7. The minimum atomic E-state index is -1.09. The fraction of sp³-hybridized carbons (Fsp3) is 0.455. The van der Waals surface area contributed by atoms with E-state index in [1.165, 1.54) is 11.8 Å². The molecule has 1 saturated heterocycles. The van der Waals surface area contributed by atoms with Crippen LogP contribution in [0.25, 0.3) is 0 Å². The molecule has 1 aliphatic rings. The SMILES string of the molecule is CCS[C@H]1[C@H](O)[C@@H](O)[C@H](c2ccc(Cl)c(Cc3ccc(OC)cc3)c2)O[C@@H]1CO. The summed E-state index contributed by atoms with van der Waals surface area (Å²) in [6.07, 6.45) is -2.75. The van der Waals surface area contributed by atoms with Crippen LogP contribution in [0.5, 0.6) is 5.75 Å². The van der Waals surface area contributed by atoms with E-state index in [9.17, 15) is 15.3 Å². The highest BCUT2D eigenvalue weighted by Crippen LogP contribution is 2.38. The van der Waals surface area contributed by atoms with Gasteiger partial charge in [0, 0.05) is 5.02 Å². The van der Waals surface area contributed by atoms with Gasteiger partial charge in [-0.15, -0.1) is 0 Å². The van der Waals surface area contributed by atoms with Crippen LogP contribution in [0.1, 0.15) is 29.7 Å². The molecule has 3 N–H and O–H groups in total. The smallest absolute Gasteiger partial charge is 0.118 e. The van der Waals surface area contributed by atoms with Crippen molar-refractivity contribution in [3.63, 3.8) is 0 Å². The van der Waals surface area contributed by atoms with Gasteiger partial charge in [-0.2, -0.15) is 11.8 Å². The molecule has 1 fully saturated rings. The van der Waals surface area contributed by atoms with Crippen LogP contribution in [-0.4, -0.2) is 58.4 Å². The summed E-state index contributed by atoms with van der Waals surface area (Å²) in [5.41, 5.74) is 2.69. The minimum Gasteiger partial charge on any atom is -0.497 e. The van der Waals surface area contributed by atoms with E-state index < -0.39 is 24.4 Å². The molecule has 3 rings (SSSR count). The van der Waals surface area contributed by atoms with Crippen LogP contribution in [0.15, 0.2) is 42.5 Å². The molecular formula is C22H27ClO5S. The zero-order valence-corrected chi connectivity index (χ0v) is 18.1. The number of hydrogen-bond acceptors (Lipinski definition) is 6. The highest BCUT2D eigenvalue weighted by atomic mass is 35.5. The van der Waals surface area contributed by atoms with E-state index >= 15 is 0 Å². The van der Waals surface area contributed by atoms with E-state index in [1.54, 1.807) is 19.2 Å². The molecule has 0 radical (unpaired) electrons. The first-order valence-electron chi connectivity index (χ1n) is 9.63. The van der Waals surface area contributed by atoms with Crippen molar-refractivity contribution in [2.75, 3.05) is 19.5 Å². The van der Waals surface area contributed by atoms with E-state index in [0.29, 0.717) is 11.4 Å². The monoisotopic (exact) mass is 438 g/mol. The quantitative estimate of drug-likeness (QED) is 0.616. The summed E-state index contributed by atoms with van der Waals surface area (Å²) < 4.78 is 11.2. The van der Waals surface area contributed by atoms with E-state index in [0.717, 1.165) is 28.2 Å². The first-order chi connectivity index (χ1) is 14.0. The van der Waals surface area contributed by atoms with Gasteiger partial charge in [-0.05, 0) is 47.1 Å². The number of methoxy groups -OCH3 is 1. The Morgan fingerprint density at radius 2 is 1.83 bits per heavy atom. The summed E-state index contributed by atoms with van der Waals surface area (Å²) in [6, 6.07) is 13.2. The molecule has 2 aromatic rings. The minimum absolute atomic E-state index is 0.218. The van der Waals surface area contributed by atoms with Crippen molar-refractivity contribution in [3.05, 3.63) is 64.2 Å². The Kier molecular flexibility index (Phi) is 7.85. The molecule has 0 aliphatic carbocycles. The van der Waals surface area contributed by atoms with Crippen molar-refractivity contribution in [1.82, 2.24) is 0 Å². The van der Waals surface area contributed by atoms with Crippen molar-refractivity contribution in [2.24, 2.45) is 0 Å². The number of thioether (sulfide) groups is 1. The Hall–Kier alpha value is -1.28. The molecule has 0 amide bonds. The molecule has 2 aromatic carbocycles. The Morgan fingerprint density at radius 1 is 1.10 bits per heavy atom. The Morgan fingerprint density at radius 3 is 2.45 bits per heavy atom. The summed E-state index contributed by atoms with van der Waals surface area (Å²) in [6.45, 7) is 1.75. The lowest BCUT2D eigenvalue weighted by molar-refractivity contribution is -0.175. The Bertz CT molecular complexity index is 798. The lowest BCUT2D eigenvalue weighted by Crippen LogP contribution is -2.54. The molecule has 0 aromatic heterocycles. The predicted molar refractivity (Wildman–Crippen MR) is 116 cm³/mol. The summed E-state index contributed by atoms with van der Waals surface area (Å²) >= 11 is 7.89. The normalized spacial score (nSPS) is 27.0. The van der Waals surface area contributed by atoms with Crippen molar-refractivity contribution in [2.45, 2.75) is 43.0 Å².